The predicted octanol–water partition coefficient (Wildman–Crippen LogP) is 3.74. The van der Waals surface area contributed by atoms with Crippen LogP contribution in [-0.2, 0) is 11.2 Å². The van der Waals surface area contributed by atoms with E-state index in [4.69, 9.17) is 4.42 Å². The van der Waals surface area contributed by atoms with Crippen LogP contribution in [0.1, 0.15) is 16.1 Å². The van der Waals surface area contributed by atoms with Gasteiger partial charge in [0, 0.05) is 29.2 Å². The fourth-order valence-corrected chi connectivity index (χ4v) is 3.12. The number of benzene rings is 2. The Morgan fingerprint density at radius 1 is 0.964 bits per heavy atom. The highest BCUT2D eigenvalue weighted by atomic mass is 16.3. The molecule has 4 rings (SSSR count). The van der Waals surface area contributed by atoms with Gasteiger partial charge in [0.25, 0.3) is 5.91 Å². The van der Waals surface area contributed by atoms with Crippen LogP contribution in [0, 0.1) is 0 Å². The second-order valence-electron chi connectivity index (χ2n) is 6.42. The summed E-state index contributed by atoms with van der Waals surface area (Å²) in [6.45, 7) is 0. The zero-order chi connectivity index (χ0) is 19.3. The monoisotopic (exact) mass is 373 g/mol. The molecule has 2 amide bonds. The number of aromatic nitrogens is 1. The van der Waals surface area contributed by atoms with E-state index in [9.17, 15) is 9.59 Å². The molecule has 0 aliphatic heterocycles. The number of hydrogen-bond donors (Lipinski definition) is 3. The topological polar surface area (TPSA) is 87.1 Å². The summed E-state index contributed by atoms with van der Waals surface area (Å²) in [5.74, 6) is -0.564. The highest BCUT2D eigenvalue weighted by molar-refractivity contribution is 6.00. The van der Waals surface area contributed by atoms with E-state index in [0.29, 0.717) is 12.1 Å². The second kappa shape index (κ2) is 7.84. The van der Waals surface area contributed by atoms with Crippen molar-refractivity contribution in [3.8, 4) is 0 Å². The molecular formula is C22H19N3O3. The summed E-state index contributed by atoms with van der Waals surface area (Å²) in [4.78, 5) is 28.6. The van der Waals surface area contributed by atoms with Crippen LogP contribution in [0.4, 0.5) is 5.69 Å². The Morgan fingerprint density at radius 3 is 2.54 bits per heavy atom. The molecule has 0 fully saturated rings. The number of H-pyrrole nitrogens is 1. The minimum absolute atomic E-state index is 0.163. The highest BCUT2D eigenvalue weighted by Crippen LogP contribution is 2.20. The highest BCUT2D eigenvalue weighted by Gasteiger charge is 2.24. The van der Waals surface area contributed by atoms with Crippen LogP contribution in [0.25, 0.3) is 10.9 Å². The van der Waals surface area contributed by atoms with Gasteiger partial charge < -0.3 is 20.0 Å². The summed E-state index contributed by atoms with van der Waals surface area (Å²) in [6.07, 6.45) is 3.63. The number of rotatable bonds is 6. The number of furan rings is 1. The van der Waals surface area contributed by atoms with Crippen molar-refractivity contribution in [1.29, 1.82) is 0 Å². The van der Waals surface area contributed by atoms with Gasteiger partial charge in [0.2, 0.25) is 5.91 Å². The first-order valence-corrected chi connectivity index (χ1v) is 8.96. The Kier molecular flexibility index (Phi) is 4.93. The van der Waals surface area contributed by atoms with Crippen molar-refractivity contribution in [2.45, 2.75) is 12.5 Å². The molecule has 0 aliphatic carbocycles. The molecule has 0 spiro atoms. The van der Waals surface area contributed by atoms with Crippen molar-refractivity contribution in [2.75, 3.05) is 5.32 Å². The van der Waals surface area contributed by atoms with Gasteiger partial charge in [-0.1, -0.05) is 36.4 Å². The van der Waals surface area contributed by atoms with Gasteiger partial charge in [-0.25, -0.2) is 0 Å². The van der Waals surface area contributed by atoms with Crippen LogP contribution >= 0.6 is 0 Å². The number of anilines is 1. The normalized spacial score (nSPS) is 11.9. The number of aromatic amines is 1. The van der Waals surface area contributed by atoms with E-state index < -0.39 is 11.9 Å². The smallest absolute Gasteiger partial charge is 0.287 e. The molecule has 2 heterocycles. The summed E-state index contributed by atoms with van der Waals surface area (Å²) in [7, 11) is 0. The molecule has 0 saturated carbocycles. The van der Waals surface area contributed by atoms with Crippen LogP contribution < -0.4 is 10.6 Å². The van der Waals surface area contributed by atoms with Gasteiger partial charge in [-0.05, 0) is 35.9 Å². The van der Waals surface area contributed by atoms with Gasteiger partial charge in [-0.3, -0.25) is 9.59 Å². The molecule has 0 bridgehead atoms. The standard InChI is InChI=1S/C22H19N3O3/c26-21(24-16-7-2-1-3-8-16)19(25-22(27)20-11-6-12-28-20)13-15-14-23-18-10-5-4-9-17(15)18/h1-12,14,19,23H,13H2,(H,24,26)(H,25,27)/t19-/m0/s1. The van der Waals surface area contributed by atoms with Crippen LogP contribution in [0.2, 0.25) is 0 Å². The fraction of sp³-hybridized carbons (Fsp3) is 0.0909. The molecule has 0 aliphatic rings. The third kappa shape index (κ3) is 3.81. The largest absolute Gasteiger partial charge is 0.459 e. The van der Waals surface area contributed by atoms with Crippen LogP contribution in [0.5, 0.6) is 0 Å². The molecule has 2 aromatic carbocycles. The Balaban J connectivity index is 1.58. The molecule has 6 heteroatoms. The minimum Gasteiger partial charge on any atom is -0.459 e. The number of carbonyl (C=O) groups is 2. The molecular weight excluding hydrogens is 354 g/mol. The summed E-state index contributed by atoms with van der Waals surface area (Å²) in [5, 5.41) is 6.66. The van der Waals surface area contributed by atoms with E-state index in [2.05, 4.69) is 15.6 Å². The zero-order valence-corrected chi connectivity index (χ0v) is 15.0. The lowest BCUT2D eigenvalue weighted by Gasteiger charge is -2.18. The Bertz CT molecular complexity index is 1080. The number of carbonyl (C=O) groups excluding carboxylic acids is 2. The van der Waals surface area contributed by atoms with E-state index in [1.807, 2.05) is 48.7 Å². The Morgan fingerprint density at radius 2 is 1.75 bits per heavy atom. The summed E-state index contributed by atoms with van der Waals surface area (Å²) >= 11 is 0. The van der Waals surface area contributed by atoms with Crippen LogP contribution in [0.15, 0.2) is 83.6 Å². The van der Waals surface area contributed by atoms with Crippen molar-refractivity contribution in [3.05, 3.63) is 90.5 Å². The van der Waals surface area contributed by atoms with Crippen molar-refractivity contribution < 1.29 is 14.0 Å². The lowest BCUT2D eigenvalue weighted by atomic mass is 10.0. The van der Waals surface area contributed by atoms with E-state index in [1.54, 1.807) is 24.3 Å². The quantitative estimate of drug-likeness (QED) is 0.481. The lowest BCUT2D eigenvalue weighted by molar-refractivity contribution is -0.118. The van der Waals surface area contributed by atoms with Crippen LogP contribution in [0.3, 0.4) is 0 Å². The van der Waals surface area contributed by atoms with Gasteiger partial charge in [0.15, 0.2) is 5.76 Å². The average Bonchev–Trinajstić information content (AvgIpc) is 3.39. The zero-order valence-electron chi connectivity index (χ0n) is 15.0. The van der Waals surface area contributed by atoms with Crippen molar-refractivity contribution in [3.63, 3.8) is 0 Å². The van der Waals surface area contributed by atoms with Gasteiger partial charge in [0.05, 0.1) is 6.26 Å². The fourth-order valence-electron chi connectivity index (χ4n) is 3.12. The molecule has 28 heavy (non-hydrogen) atoms. The molecule has 0 unspecified atom stereocenters. The first-order chi connectivity index (χ1) is 13.7. The molecule has 3 N–H and O–H groups in total. The number of amides is 2. The van der Waals surface area contributed by atoms with Crippen molar-refractivity contribution in [2.24, 2.45) is 0 Å². The number of para-hydroxylation sites is 2. The summed E-state index contributed by atoms with van der Waals surface area (Å²) < 4.78 is 5.15. The average molecular weight is 373 g/mol. The van der Waals surface area contributed by atoms with E-state index in [-0.39, 0.29) is 11.7 Å². The van der Waals surface area contributed by atoms with E-state index >= 15 is 0 Å². The first-order valence-electron chi connectivity index (χ1n) is 8.96. The predicted molar refractivity (Wildman–Crippen MR) is 107 cm³/mol. The van der Waals surface area contributed by atoms with Gasteiger partial charge in [0.1, 0.15) is 6.04 Å². The Labute approximate surface area is 161 Å². The summed E-state index contributed by atoms with van der Waals surface area (Å²) in [5.41, 5.74) is 2.60. The number of hydrogen-bond acceptors (Lipinski definition) is 3. The van der Waals surface area contributed by atoms with E-state index in [0.717, 1.165) is 16.5 Å². The third-order valence-electron chi connectivity index (χ3n) is 4.51. The maximum absolute atomic E-state index is 12.9. The molecule has 140 valence electrons. The maximum Gasteiger partial charge on any atom is 0.287 e. The van der Waals surface area contributed by atoms with Crippen molar-refractivity contribution >= 4 is 28.4 Å². The number of nitrogens with one attached hydrogen (secondary N) is 3. The lowest BCUT2D eigenvalue weighted by Crippen LogP contribution is -2.45. The molecule has 2 aromatic heterocycles. The first kappa shape index (κ1) is 17.6. The van der Waals surface area contributed by atoms with Gasteiger partial charge in [-0.15, -0.1) is 0 Å². The van der Waals surface area contributed by atoms with Crippen LogP contribution in [-0.4, -0.2) is 22.8 Å². The second-order valence-corrected chi connectivity index (χ2v) is 6.42. The van der Waals surface area contributed by atoms with Gasteiger partial charge >= 0.3 is 0 Å². The molecule has 1 atom stereocenters. The SMILES string of the molecule is O=C(N[C@@H](Cc1c[nH]c2ccccc12)C(=O)Nc1ccccc1)c1ccco1. The molecule has 0 radical (unpaired) electrons. The summed E-state index contributed by atoms with van der Waals surface area (Å²) in [6, 6.07) is 19.4. The molecule has 4 aromatic rings. The molecule has 6 nitrogen and oxygen atoms in total. The number of fused-ring (bicyclic) bond motifs is 1. The third-order valence-corrected chi connectivity index (χ3v) is 4.51. The van der Waals surface area contributed by atoms with Crippen molar-refractivity contribution in [1.82, 2.24) is 10.3 Å². The van der Waals surface area contributed by atoms with E-state index in [1.165, 1.54) is 6.26 Å². The Hall–Kier alpha value is -3.80. The minimum atomic E-state index is -0.767. The van der Waals surface area contributed by atoms with Gasteiger partial charge in [-0.2, -0.15) is 0 Å². The maximum atomic E-state index is 12.9. The molecule has 0 saturated heterocycles.